The Hall–Kier alpha value is -7.09. The average Bonchev–Trinajstić information content (AvgIpc) is 1.14. The molecular formula is C77H133N9O9. The molecule has 4 rings (SSSR count). The first-order valence-electron chi connectivity index (χ1n) is 33.8. The second-order valence-electron chi connectivity index (χ2n) is 22.8. The lowest BCUT2D eigenvalue weighted by molar-refractivity contribution is -0.122. The van der Waals surface area contributed by atoms with Gasteiger partial charge in [0.25, 0.3) is 0 Å². The maximum Gasteiger partial charge on any atom is 0.220 e. The highest BCUT2D eigenvalue weighted by molar-refractivity contribution is 5.78. The first-order chi connectivity index (χ1) is 45.0. The minimum atomic E-state index is 0. The largest absolute Gasteiger partial charge is 0.356 e. The van der Waals surface area contributed by atoms with Crippen molar-refractivity contribution in [3.8, 4) is 0 Å². The van der Waals surface area contributed by atoms with Gasteiger partial charge in [0.1, 0.15) is 28.9 Å². The zero-order chi connectivity index (χ0) is 71.5. The summed E-state index contributed by atoms with van der Waals surface area (Å²) in [5, 5.41) is 26.9. The minimum absolute atomic E-state index is 0. The number of Topliss-reactive ketones (excluding diaryl/α,β-unsaturated/α-hetero) is 5. The molecule has 95 heavy (non-hydrogen) atoms. The Balaban J connectivity index is -0.000000245. The molecular weight excluding hydrogens is 1190 g/mol. The molecule has 0 heterocycles. The van der Waals surface area contributed by atoms with Crippen LogP contribution in [0, 0.1) is 0 Å². The topological polar surface area (TPSA) is 262 Å². The molecule has 0 saturated heterocycles. The van der Waals surface area contributed by atoms with E-state index in [0.717, 1.165) is 108 Å². The van der Waals surface area contributed by atoms with Gasteiger partial charge in [0.2, 0.25) is 23.6 Å². The van der Waals surface area contributed by atoms with Crippen molar-refractivity contribution >= 4 is 52.5 Å². The Morgan fingerprint density at radius 1 is 0.263 bits per heavy atom. The SMILES string of the molecule is C.CC(C)=O.CC(C)=O.CNCCCCCC(C)=O.CNCCCCCCNC(=O)CCCCC(C)=O.CNCCCCCCNC(C)=O.CNCc1cccc(CNC(=O)CCCCC(C)=O)c1.CNCc1cccc(CNC(C)=O)c1.c1ccccc1.c1ccccc1. The van der Waals surface area contributed by atoms with Crippen molar-refractivity contribution in [3.05, 3.63) is 144 Å². The van der Waals surface area contributed by atoms with Crippen LogP contribution >= 0.6 is 0 Å². The van der Waals surface area contributed by atoms with E-state index in [4.69, 9.17) is 0 Å². The average molecular weight is 1330 g/mol. The number of carbonyl (C=O) groups excluding carboxylic acids is 9. The van der Waals surface area contributed by atoms with Gasteiger partial charge < -0.3 is 71.8 Å². The number of unbranched alkanes of at least 4 members (excludes halogenated alkanes) is 10. The van der Waals surface area contributed by atoms with Crippen molar-refractivity contribution in [1.29, 1.82) is 0 Å². The number of hydrogen-bond donors (Lipinski definition) is 9. The minimum Gasteiger partial charge on any atom is -0.356 e. The highest BCUT2D eigenvalue weighted by Gasteiger charge is 2.04. The van der Waals surface area contributed by atoms with E-state index in [0.29, 0.717) is 44.6 Å². The Kier molecular flexibility index (Phi) is 82.7. The van der Waals surface area contributed by atoms with E-state index < -0.39 is 0 Å². The smallest absolute Gasteiger partial charge is 0.220 e. The van der Waals surface area contributed by atoms with Crippen LogP contribution in [0.2, 0.25) is 0 Å². The number of carbonyl (C=O) groups is 9. The van der Waals surface area contributed by atoms with Crippen molar-refractivity contribution in [1.82, 2.24) is 47.9 Å². The summed E-state index contributed by atoms with van der Waals surface area (Å²) in [6, 6.07) is 40.3. The Morgan fingerprint density at radius 3 is 0.789 bits per heavy atom. The third kappa shape index (κ3) is 98.1. The van der Waals surface area contributed by atoms with E-state index in [1.54, 1.807) is 27.7 Å². The van der Waals surface area contributed by atoms with Crippen LogP contribution in [0.15, 0.2) is 121 Å². The summed E-state index contributed by atoms with van der Waals surface area (Å²) in [5.41, 5.74) is 4.68. The molecule has 0 aliphatic rings. The van der Waals surface area contributed by atoms with Crippen LogP contribution in [0.4, 0.5) is 0 Å². The van der Waals surface area contributed by atoms with Crippen molar-refractivity contribution in [2.45, 2.75) is 224 Å². The van der Waals surface area contributed by atoms with Crippen molar-refractivity contribution in [2.75, 3.05) is 68.0 Å². The fourth-order valence-corrected chi connectivity index (χ4v) is 7.71. The lowest BCUT2D eigenvalue weighted by Crippen LogP contribution is -2.24. The molecule has 4 aromatic carbocycles. The summed E-state index contributed by atoms with van der Waals surface area (Å²) in [4.78, 5) is 95.1. The number of hydrogen-bond acceptors (Lipinski definition) is 14. The van der Waals surface area contributed by atoms with Gasteiger partial charge in [-0.05, 0) is 190 Å². The van der Waals surface area contributed by atoms with Gasteiger partial charge in [-0.1, -0.05) is 161 Å². The van der Waals surface area contributed by atoms with Gasteiger partial charge >= 0.3 is 0 Å². The summed E-state index contributed by atoms with van der Waals surface area (Å²) in [7, 11) is 9.71. The second kappa shape index (κ2) is 79.3. The summed E-state index contributed by atoms with van der Waals surface area (Å²) >= 11 is 0. The standard InChI is InChI=1S/C16H24N2O2.C14H28N2O2.C11H16N2O.C9H20N2O.C8H17NO.2C6H6.2C3H6O.CH4/c1-13(19)6-3-4-9-16(20)18-12-15-8-5-7-14(10-15)11-17-2;1-13(17)9-5-6-10-14(18)16-12-8-4-3-7-11-15-2;1-9(14)13-8-11-5-3-4-10(6-11)7-12-2;1-9(12)11-8-6-4-3-5-7-10-2;1-8(10)6-4-3-5-7-9-2;2*1-2-4-6-5-3-1;2*1-3(2)4;/h5,7-8,10,17H,3-4,6,9,11-12H2,1-2H3,(H,18,20);15H,3-12H2,1-2H3,(H,16,18);3-6,12H,7-8H2,1-2H3,(H,13,14);10H,3-8H2,1-2H3,(H,11,12);9H,3-7H2,1-2H3;2*1-6H;2*1-2H3;1H4. The lowest BCUT2D eigenvalue weighted by Gasteiger charge is -2.07. The fourth-order valence-electron chi connectivity index (χ4n) is 7.71. The molecule has 0 unspecified atom stereocenters. The second-order valence-corrected chi connectivity index (χ2v) is 22.8. The Morgan fingerprint density at radius 2 is 0.505 bits per heavy atom. The summed E-state index contributed by atoms with van der Waals surface area (Å²) in [6.45, 7) is 21.7. The summed E-state index contributed by atoms with van der Waals surface area (Å²) in [5.74, 6) is 1.28. The quantitative estimate of drug-likeness (QED) is 0.0189. The van der Waals surface area contributed by atoms with E-state index in [9.17, 15) is 43.2 Å². The molecule has 0 spiro atoms. The molecule has 0 bridgehead atoms. The van der Waals surface area contributed by atoms with Gasteiger partial charge in [-0.3, -0.25) is 19.2 Å². The van der Waals surface area contributed by atoms with Crippen LogP contribution in [0.3, 0.4) is 0 Å². The number of rotatable bonds is 38. The molecule has 0 atom stereocenters. The van der Waals surface area contributed by atoms with Crippen LogP contribution in [0.25, 0.3) is 0 Å². The monoisotopic (exact) mass is 1330 g/mol. The maximum atomic E-state index is 11.7. The van der Waals surface area contributed by atoms with Gasteiger partial charge in [0.15, 0.2) is 0 Å². The number of benzene rings is 4. The predicted molar refractivity (Wildman–Crippen MR) is 398 cm³/mol. The number of ketones is 5. The lowest BCUT2D eigenvalue weighted by atomic mass is 10.1. The van der Waals surface area contributed by atoms with Crippen LogP contribution in [0.1, 0.15) is 220 Å². The normalized spacial score (nSPS) is 9.41. The predicted octanol–water partition coefficient (Wildman–Crippen LogP) is 12.7. The Bertz CT molecular complexity index is 2320. The summed E-state index contributed by atoms with van der Waals surface area (Å²) in [6.07, 6.45) is 19.0. The van der Waals surface area contributed by atoms with E-state index in [2.05, 4.69) is 72.1 Å². The molecule has 18 heteroatoms. The fraction of sp³-hybridized carbons (Fsp3) is 0.571. The van der Waals surface area contributed by atoms with Crippen molar-refractivity contribution in [3.63, 3.8) is 0 Å². The Labute approximate surface area is 576 Å². The molecule has 0 saturated carbocycles. The number of nitrogens with one attached hydrogen (secondary N) is 9. The first-order valence-corrected chi connectivity index (χ1v) is 33.8. The highest BCUT2D eigenvalue weighted by Crippen LogP contribution is 2.08. The molecule has 4 amide bonds. The van der Waals surface area contributed by atoms with Crippen LogP contribution in [0.5, 0.6) is 0 Å². The van der Waals surface area contributed by atoms with Gasteiger partial charge in [-0.2, -0.15) is 0 Å². The van der Waals surface area contributed by atoms with Crippen molar-refractivity contribution in [2.24, 2.45) is 0 Å². The molecule has 18 nitrogen and oxygen atoms in total. The molecule has 0 aliphatic heterocycles. The summed E-state index contributed by atoms with van der Waals surface area (Å²) < 4.78 is 0. The molecule has 4 aromatic rings. The van der Waals surface area contributed by atoms with Gasteiger partial charge in [0.05, 0.1) is 0 Å². The molecule has 540 valence electrons. The molecule has 0 aromatic heterocycles. The van der Waals surface area contributed by atoms with E-state index >= 15 is 0 Å². The van der Waals surface area contributed by atoms with Crippen LogP contribution in [-0.2, 0) is 69.3 Å². The van der Waals surface area contributed by atoms with Gasteiger partial charge in [0, 0.05) is 85.2 Å². The van der Waals surface area contributed by atoms with E-state index in [1.165, 1.54) is 97.1 Å². The van der Waals surface area contributed by atoms with E-state index in [-0.39, 0.29) is 54.2 Å². The number of amides is 4. The van der Waals surface area contributed by atoms with Crippen molar-refractivity contribution < 1.29 is 43.2 Å². The van der Waals surface area contributed by atoms with Crippen LogP contribution < -0.4 is 47.9 Å². The molecule has 0 fully saturated rings. The maximum absolute atomic E-state index is 11.7. The molecule has 0 aliphatic carbocycles. The zero-order valence-corrected chi connectivity index (χ0v) is 60.7. The zero-order valence-electron chi connectivity index (χ0n) is 60.7. The highest BCUT2D eigenvalue weighted by atomic mass is 16.2. The third-order valence-corrected chi connectivity index (χ3v) is 12.3. The van der Waals surface area contributed by atoms with Gasteiger partial charge in [-0.25, -0.2) is 0 Å². The van der Waals surface area contributed by atoms with Crippen LogP contribution in [-0.4, -0.2) is 121 Å². The van der Waals surface area contributed by atoms with Gasteiger partial charge in [-0.15, -0.1) is 0 Å². The molecule has 0 radical (unpaired) electrons. The molecule has 9 N–H and O–H groups in total. The van der Waals surface area contributed by atoms with E-state index in [1.807, 2.05) is 132 Å². The first kappa shape index (κ1) is 99.0. The third-order valence-electron chi connectivity index (χ3n) is 12.3.